The number of rotatable bonds is 10. The van der Waals surface area contributed by atoms with E-state index in [0.29, 0.717) is 23.7 Å². The zero-order chi connectivity index (χ0) is 38.4. The smallest absolute Gasteiger partial charge is 0.0887 e. The first-order chi connectivity index (χ1) is 28.2. The minimum absolute atomic E-state index is 0.672. The second-order valence-corrected chi connectivity index (χ2v) is 18.4. The van der Waals surface area contributed by atoms with E-state index in [-0.39, 0.29) is 0 Å². The molecule has 4 fully saturated rings. The first kappa shape index (κ1) is 38.5. The molecular weight excluding hydrogens is 712 g/mol. The van der Waals surface area contributed by atoms with Crippen LogP contribution in [0.1, 0.15) is 174 Å². The molecule has 0 unspecified atom stereocenters. The van der Waals surface area contributed by atoms with Crippen molar-refractivity contribution in [2.45, 2.75) is 152 Å². The Hall–Kier alpha value is -4.01. The van der Waals surface area contributed by atoms with Gasteiger partial charge in [-0.05, 0) is 158 Å². The van der Waals surface area contributed by atoms with Crippen LogP contribution in [0, 0.1) is 0 Å². The van der Waals surface area contributed by atoms with E-state index in [1.54, 1.807) is 0 Å². The van der Waals surface area contributed by atoms with Crippen molar-refractivity contribution in [2.75, 3.05) is 9.80 Å². The summed E-state index contributed by atoms with van der Waals surface area (Å²) in [6.07, 6.45) is 26.7. The zero-order valence-electron chi connectivity index (χ0n) is 34.2. The highest BCUT2D eigenvalue weighted by molar-refractivity contribution is 6.36. The van der Waals surface area contributed by atoms with Gasteiger partial charge < -0.3 is 9.80 Å². The molecule has 0 radical (unpaired) electrons. The molecule has 5 aromatic carbocycles. The minimum atomic E-state index is 0.672. The molecule has 2 nitrogen and oxygen atoms in total. The fourth-order valence-electron chi connectivity index (χ4n) is 11.0. The number of benzene rings is 5. The lowest BCUT2D eigenvalue weighted by atomic mass is 9.84. The van der Waals surface area contributed by atoms with Gasteiger partial charge in [-0.1, -0.05) is 143 Å². The Kier molecular flexibility index (Phi) is 12.3. The number of anilines is 6. The van der Waals surface area contributed by atoms with Gasteiger partial charge in [0, 0.05) is 22.7 Å². The lowest BCUT2D eigenvalue weighted by Crippen LogP contribution is -2.15. The molecule has 0 atom stereocenters. The molecule has 3 heteroatoms. The van der Waals surface area contributed by atoms with E-state index >= 15 is 0 Å². The summed E-state index contributed by atoms with van der Waals surface area (Å²) >= 11 is 7.83. The molecule has 5 aromatic rings. The molecule has 9 rings (SSSR count). The number of nitrogens with zero attached hydrogens (tertiary/aromatic N) is 2. The summed E-state index contributed by atoms with van der Waals surface area (Å²) in [4.78, 5) is 4.80. The summed E-state index contributed by atoms with van der Waals surface area (Å²) in [5, 5.41) is 0.762. The van der Waals surface area contributed by atoms with Gasteiger partial charge in [0.1, 0.15) is 0 Å². The maximum absolute atomic E-state index is 7.83. The molecule has 4 aliphatic rings. The zero-order valence-corrected chi connectivity index (χ0v) is 34.9. The maximum atomic E-state index is 7.83. The Balaban J connectivity index is 1.11. The van der Waals surface area contributed by atoms with Crippen LogP contribution in [0.25, 0.3) is 0 Å². The first-order valence-electron chi connectivity index (χ1n) is 23.0. The Morgan fingerprint density at radius 1 is 0.298 bits per heavy atom. The Morgan fingerprint density at radius 3 is 0.754 bits per heavy atom. The van der Waals surface area contributed by atoms with E-state index in [9.17, 15) is 0 Å². The predicted molar refractivity (Wildman–Crippen MR) is 244 cm³/mol. The van der Waals surface area contributed by atoms with Crippen LogP contribution in [0.15, 0.2) is 115 Å². The second kappa shape index (κ2) is 18.3. The first-order valence-corrected chi connectivity index (χ1v) is 23.4. The summed E-state index contributed by atoms with van der Waals surface area (Å²) in [7, 11) is 0. The molecule has 0 spiro atoms. The van der Waals surface area contributed by atoms with Crippen LogP contribution in [0.5, 0.6) is 0 Å². The molecule has 0 heterocycles. The van der Waals surface area contributed by atoms with Crippen molar-refractivity contribution in [1.82, 2.24) is 0 Å². The van der Waals surface area contributed by atoms with Gasteiger partial charge in [0.05, 0.1) is 16.4 Å². The average Bonchev–Trinajstić information content (AvgIpc) is 3.30. The summed E-state index contributed by atoms with van der Waals surface area (Å²) < 4.78 is 0. The number of hydrogen-bond acceptors (Lipinski definition) is 2. The highest BCUT2D eigenvalue weighted by Crippen LogP contribution is 2.48. The normalized spacial score (nSPS) is 19.0. The Labute approximate surface area is 348 Å². The van der Waals surface area contributed by atoms with E-state index in [0.717, 1.165) is 39.1 Å². The molecule has 4 saturated carbocycles. The standard InChI is InChI=1S/C54H63ClN2/c55-54-52(56(48-32-24-44(25-33-48)40-14-5-1-6-15-40)49-34-26-45(27-35-49)41-16-7-2-8-17-41)22-13-23-53(54)57(50-36-28-46(29-37-50)42-18-9-3-10-19-42)51-38-30-47(31-39-51)43-20-11-4-12-21-43/h13,22-43H,1-12,14-21H2. The molecule has 0 bridgehead atoms. The molecule has 0 N–H and O–H groups in total. The van der Waals surface area contributed by atoms with E-state index in [2.05, 4.69) is 125 Å². The third-order valence-corrected chi connectivity index (χ3v) is 14.7. The topological polar surface area (TPSA) is 6.48 Å². The second-order valence-electron chi connectivity index (χ2n) is 18.0. The lowest BCUT2D eigenvalue weighted by Gasteiger charge is -2.32. The highest BCUT2D eigenvalue weighted by Gasteiger charge is 2.25. The van der Waals surface area contributed by atoms with Gasteiger partial charge in [0.2, 0.25) is 0 Å². The number of hydrogen-bond donors (Lipinski definition) is 0. The maximum Gasteiger partial charge on any atom is 0.0887 e. The van der Waals surface area contributed by atoms with Crippen molar-refractivity contribution in [3.63, 3.8) is 0 Å². The molecule has 0 aromatic heterocycles. The van der Waals surface area contributed by atoms with Crippen molar-refractivity contribution in [3.8, 4) is 0 Å². The van der Waals surface area contributed by atoms with Gasteiger partial charge in [-0.25, -0.2) is 0 Å². The van der Waals surface area contributed by atoms with E-state index in [4.69, 9.17) is 11.6 Å². The lowest BCUT2D eigenvalue weighted by molar-refractivity contribution is 0.443. The van der Waals surface area contributed by atoms with Gasteiger partial charge in [-0.15, -0.1) is 0 Å². The average molecular weight is 776 g/mol. The fourth-order valence-corrected chi connectivity index (χ4v) is 11.3. The van der Waals surface area contributed by atoms with E-state index in [1.807, 2.05) is 0 Å². The quantitative estimate of drug-likeness (QED) is 0.139. The van der Waals surface area contributed by atoms with Crippen LogP contribution in [-0.4, -0.2) is 0 Å². The summed E-state index contributed by atoms with van der Waals surface area (Å²) in [5.41, 5.74) is 12.5. The molecular formula is C54H63ClN2. The van der Waals surface area contributed by atoms with Crippen molar-refractivity contribution >= 4 is 45.7 Å². The van der Waals surface area contributed by atoms with Gasteiger partial charge in [0.15, 0.2) is 0 Å². The Morgan fingerprint density at radius 2 is 0.526 bits per heavy atom. The monoisotopic (exact) mass is 774 g/mol. The van der Waals surface area contributed by atoms with Gasteiger partial charge in [-0.3, -0.25) is 0 Å². The van der Waals surface area contributed by atoms with E-state index < -0.39 is 0 Å². The van der Waals surface area contributed by atoms with Gasteiger partial charge in [-0.2, -0.15) is 0 Å². The third kappa shape index (κ3) is 8.73. The molecule has 4 aliphatic carbocycles. The minimum Gasteiger partial charge on any atom is -0.309 e. The highest BCUT2D eigenvalue weighted by atomic mass is 35.5. The SMILES string of the molecule is Clc1c(N(c2ccc(C3CCCCC3)cc2)c2ccc(C3CCCCC3)cc2)cccc1N(c1ccc(C2CCCCC2)cc1)c1ccc(C2CCCCC2)cc1. The van der Waals surface area contributed by atoms with Crippen LogP contribution in [0.2, 0.25) is 5.02 Å². The van der Waals surface area contributed by atoms with Crippen LogP contribution >= 0.6 is 11.6 Å². The van der Waals surface area contributed by atoms with Gasteiger partial charge in [0.25, 0.3) is 0 Å². The molecule has 0 amide bonds. The van der Waals surface area contributed by atoms with Crippen LogP contribution in [0.4, 0.5) is 34.1 Å². The van der Waals surface area contributed by atoms with Crippen molar-refractivity contribution in [1.29, 1.82) is 0 Å². The van der Waals surface area contributed by atoms with Crippen LogP contribution in [0.3, 0.4) is 0 Å². The summed E-state index contributed by atoms with van der Waals surface area (Å²) in [5.74, 6) is 2.69. The fraction of sp³-hybridized carbons (Fsp3) is 0.444. The Bertz CT molecular complexity index is 1740. The predicted octanol–water partition coefficient (Wildman–Crippen LogP) is 17.5. The number of halogens is 1. The van der Waals surface area contributed by atoms with Crippen molar-refractivity contribution in [2.24, 2.45) is 0 Å². The molecule has 57 heavy (non-hydrogen) atoms. The summed E-state index contributed by atoms with van der Waals surface area (Å²) in [6, 6.07) is 44.5. The third-order valence-electron chi connectivity index (χ3n) is 14.4. The van der Waals surface area contributed by atoms with Crippen LogP contribution < -0.4 is 9.80 Å². The molecule has 0 aliphatic heterocycles. The largest absolute Gasteiger partial charge is 0.309 e. The van der Waals surface area contributed by atoms with E-state index in [1.165, 1.54) is 151 Å². The van der Waals surface area contributed by atoms with Crippen molar-refractivity contribution in [3.05, 3.63) is 143 Å². The molecule has 0 saturated heterocycles. The summed E-state index contributed by atoms with van der Waals surface area (Å²) in [6.45, 7) is 0. The van der Waals surface area contributed by atoms with Gasteiger partial charge >= 0.3 is 0 Å². The molecule has 296 valence electrons. The van der Waals surface area contributed by atoms with Crippen molar-refractivity contribution < 1.29 is 0 Å². The van der Waals surface area contributed by atoms with Crippen LogP contribution in [-0.2, 0) is 0 Å².